The third-order valence-corrected chi connectivity index (χ3v) is 7.03. The molecule has 40 heavy (non-hydrogen) atoms. The average molecular weight is 577 g/mol. The van der Waals surface area contributed by atoms with Gasteiger partial charge in [-0.3, -0.25) is 0 Å². The lowest BCUT2D eigenvalue weighted by Gasteiger charge is -2.17. The normalized spacial score (nSPS) is 11.9. The van der Waals surface area contributed by atoms with Gasteiger partial charge in [0.15, 0.2) is 5.75 Å². The Morgan fingerprint density at radius 3 is 2.27 bits per heavy atom. The second-order valence-electron chi connectivity index (χ2n) is 9.54. The quantitative estimate of drug-likeness (QED) is 0.139. The molecule has 206 valence electrons. The number of benzene rings is 4. The summed E-state index contributed by atoms with van der Waals surface area (Å²) in [5.74, 6) is 0.220. The van der Waals surface area contributed by atoms with Crippen molar-refractivity contribution in [3.63, 3.8) is 0 Å². The number of rotatable bonds is 11. The number of halogens is 2. The van der Waals surface area contributed by atoms with Crippen molar-refractivity contribution in [3.8, 4) is 22.6 Å². The molecule has 0 saturated heterocycles. The number of carbonyl (C=O) groups is 1. The van der Waals surface area contributed by atoms with E-state index in [9.17, 15) is 4.79 Å². The van der Waals surface area contributed by atoms with Gasteiger partial charge in [-0.1, -0.05) is 77.8 Å². The molecule has 0 fully saturated rings. The lowest BCUT2D eigenvalue weighted by atomic mass is 9.91. The fraction of sp³-hybridized carbons (Fsp3) is 0.182. The maximum Gasteiger partial charge on any atom is 0.328 e. The van der Waals surface area contributed by atoms with Crippen LogP contribution in [-0.2, 0) is 11.2 Å². The van der Waals surface area contributed by atoms with E-state index in [1.54, 1.807) is 6.08 Å². The molecule has 5 nitrogen and oxygen atoms in total. The first kappa shape index (κ1) is 29.2. The molecule has 0 bridgehead atoms. The summed E-state index contributed by atoms with van der Waals surface area (Å²) >= 11 is 12.5. The Morgan fingerprint density at radius 2 is 1.60 bits per heavy atom. The van der Waals surface area contributed by atoms with Crippen LogP contribution in [0.15, 0.2) is 84.9 Å². The van der Waals surface area contributed by atoms with E-state index in [0.29, 0.717) is 35.4 Å². The first-order valence-corrected chi connectivity index (χ1v) is 13.6. The van der Waals surface area contributed by atoms with Crippen LogP contribution >= 0.6 is 23.2 Å². The van der Waals surface area contributed by atoms with Crippen LogP contribution in [0.2, 0.25) is 10.0 Å². The van der Waals surface area contributed by atoms with Gasteiger partial charge in [0.1, 0.15) is 19.0 Å². The Morgan fingerprint density at radius 1 is 0.925 bits per heavy atom. The minimum absolute atomic E-state index is 0.180. The van der Waals surface area contributed by atoms with E-state index in [2.05, 4.69) is 12.1 Å². The topological polar surface area (TPSA) is 81.8 Å². The van der Waals surface area contributed by atoms with E-state index >= 15 is 0 Å². The molecule has 0 saturated carbocycles. The molecule has 0 aromatic heterocycles. The Bertz CT molecular complexity index is 1490. The van der Waals surface area contributed by atoms with Gasteiger partial charge in [0.2, 0.25) is 0 Å². The smallest absolute Gasteiger partial charge is 0.328 e. The predicted octanol–water partition coefficient (Wildman–Crippen LogP) is 8.08. The first-order chi connectivity index (χ1) is 19.2. The van der Waals surface area contributed by atoms with Crippen LogP contribution in [0.4, 0.5) is 0 Å². The Labute approximate surface area is 244 Å². The number of aryl methyl sites for hydroxylation is 2. The number of hydrogen-bond donors (Lipinski definition) is 2. The van der Waals surface area contributed by atoms with Gasteiger partial charge in [0.05, 0.1) is 10.0 Å². The number of carboxylic acids is 1. The first-order valence-electron chi connectivity index (χ1n) is 12.9. The average Bonchev–Trinajstić information content (AvgIpc) is 2.92. The maximum absolute atomic E-state index is 11.0. The van der Waals surface area contributed by atoms with Gasteiger partial charge < -0.3 is 20.3 Å². The summed E-state index contributed by atoms with van der Waals surface area (Å²) in [4.78, 5) is 11.0. The lowest BCUT2D eigenvalue weighted by molar-refractivity contribution is -0.131. The van der Waals surface area contributed by atoms with Crippen LogP contribution < -0.4 is 15.2 Å². The SMILES string of the molecule is Cc1cc(Cl)c(OCCOc2ccc(CC(N)c3ccc(-c4ccccc4C=CC(=O)O)cc3C)cc2)c(Cl)c1. The fourth-order valence-corrected chi connectivity index (χ4v) is 5.24. The summed E-state index contributed by atoms with van der Waals surface area (Å²) < 4.78 is 11.5. The van der Waals surface area contributed by atoms with Crippen molar-refractivity contribution in [1.82, 2.24) is 0 Å². The summed E-state index contributed by atoms with van der Waals surface area (Å²) in [5.41, 5.74) is 13.6. The highest BCUT2D eigenvalue weighted by Crippen LogP contribution is 2.34. The summed E-state index contributed by atoms with van der Waals surface area (Å²) in [5, 5.41) is 9.96. The second-order valence-corrected chi connectivity index (χ2v) is 10.4. The predicted molar refractivity (Wildman–Crippen MR) is 163 cm³/mol. The summed E-state index contributed by atoms with van der Waals surface area (Å²) in [6.07, 6.45) is 3.44. The molecular formula is C33H31Cl2NO4. The van der Waals surface area contributed by atoms with E-state index in [1.807, 2.05) is 80.6 Å². The summed E-state index contributed by atoms with van der Waals surface area (Å²) in [6.45, 7) is 4.63. The third-order valence-electron chi connectivity index (χ3n) is 6.47. The maximum atomic E-state index is 11.0. The summed E-state index contributed by atoms with van der Waals surface area (Å²) in [6, 6.07) is 25.2. The highest BCUT2D eigenvalue weighted by molar-refractivity contribution is 6.37. The van der Waals surface area contributed by atoms with Gasteiger partial charge in [0.25, 0.3) is 0 Å². The zero-order chi connectivity index (χ0) is 28.6. The van der Waals surface area contributed by atoms with Crippen LogP contribution in [0.1, 0.15) is 33.9 Å². The Balaban J connectivity index is 1.34. The van der Waals surface area contributed by atoms with Crippen LogP contribution in [0, 0.1) is 13.8 Å². The minimum Gasteiger partial charge on any atom is -0.490 e. The standard InChI is InChI=1S/C33H31Cl2NO4/c1-21-17-29(34)33(30(35)18-21)40-16-15-39-26-11-7-23(8-12-26)20-31(36)27-13-9-25(19-22(27)2)28-6-4-3-5-24(28)10-14-32(37)38/h3-14,17-19,31H,15-16,20,36H2,1-2H3,(H,37,38). The van der Waals surface area contributed by atoms with Crippen molar-refractivity contribution in [1.29, 1.82) is 0 Å². The van der Waals surface area contributed by atoms with Crippen molar-refractivity contribution in [2.75, 3.05) is 13.2 Å². The molecule has 4 rings (SSSR count). The molecule has 0 amide bonds. The molecule has 0 heterocycles. The molecule has 3 N–H and O–H groups in total. The number of aliphatic carboxylic acids is 1. The van der Waals surface area contributed by atoms with Crippen molar-refractivity contribution >= 4 is 35.2 Å². The zero-order valence-corrected chi connectivity index (χ0v) is 23.9. The van der Waals surface area contributed by atoms with Crippen molar-refractivity contribution < 1.29 is 19.4 Å². The number of ether oxygens (including phenoxy) is 2. The number of carboxylic acid groups (broad SMARTS) is 1. The van der Waals surface area contributed by atoms with Gasteiger partial charge in [0, 0.05) is 12.1 Å². The van der Waals surface area contributed by atoms with Crippen LogP contribution in [-0.4, -0.2) is 24.3 Å². The molecule has 1 unspecified atom stereocenters. The minimum atomic E-state index is -0.977. The molecule has 0 spiro atoms. The van der Waals surface area contributed by atoms with E-state index in [1.165, 1.54) is 0 Å². The number of nitrogens with two attached hydrogens (primary N) is 1. The Kier molecular flexibility index (Phi) is 9.88. The van der Waals surface area contributed by atoms with E-state index in [4.69, 9.17) is 43.5 Å². The van der Waals surface area contributed by atoms with Crippen molar-refractivity contribution in [3.05, 3.63) is 123 Å². The fourth-order valence-electron chi connectivity index (χ4n) is 4.54. The van der Waals surface area contributed by atoms with Crippen LogP contribution in [0.5, 0.6) is 11.5 Å². The van der Waals surface area contributed by atoms with Gasteiger partial charge in [-0.25, -0.2) is 4.79 Å². The molecular weight excluding hydrogens is 545 g/mol. The molecule has 0 radical (unpaired) electrons. The molecule has 4 aromatic carbocycles. The van der Waals surface area contributed by atoms with Crippen molar-refractivity contribution in [2.45, 2.75) is 26.3 Å². The zero-order valence-electron chi connectivity index (χ0n) is 22.4. The highest BCUT2D eigenvalue weighted by Gasteiger charge is 2.13. The van der Waals surface area contributed by atoms with E-state index < -0.39 is 5.97 Å². The molecule has 4 aromatic rings. The molecule has 0 aliphatic carbocycles. The molecule has 1 atom stereocenters. The van der Waals surface area contributed by atoms with Gasteiger partial charge >= 0.3 is 5.97 Å². The van der Waals surface area contributed by atoms with Gasteiger partial charge in [-0.15, -0.1) is 0 Å². The highest BCUT2D eigenvalue weighted by atomic mass is 35.5. The van der Waals surface area contributed by atoms with Crippen LogP contribution in [0.25, 0.3) is 17.2 Å². The summed E-state index contributed by atoms with van der Waals surface area (Å²) in [7, 11) is 0. The van der Waals surface area contributed by atoms with E-state index in [0.717, 1.165) is 50.8 Å². The lowest BCUT2D eigenvalue weighted by Crippen LogP contribution is -2.15. The molecule has 7 heteroatoms. The molecule has 0 aliphatic rings. The van der Waals surface area contributed by atoms with Gasteiger partial charge in [-0.2, -0.15) is 0 Å². The largest absolute Gasteiger partial charge is 0.490 e. The van der Waals surface area contributed by atoms with Crippen LogP contribution in [0.3, 0.4) is 0 Å². The second kappa shape index (κ2) is 13.5. The van der Waals surface area contributed by atoms with E-state index in [-0.39, 0.29) is 6.04 Å². The monoisotopic (exact) mass is 575 g/mol. The molecule has 0 aliphatic heterocycles. The Hall–Kier alpha value is -3.77. The van der Waals surface area contributed by atoms with Crippen molar-refractivity contribution in [2.24, 2.45) is 5.73 Å². The van der Waals surface area contributed by atoms with Gasteiger partial charge in [-0.05, 0) is 89.6 Å². The number of hydrogen-bond acceptors (Lipinski definition) is 4. The third kappa shape index (κ3) is 7.66.